The molecular formula is C12H12ClFO2. The summed E-state index contributed by atoms with van der Waals surface area (Å²) in [6.45, 7) is 0. The van der Waals surface area contributed by atoms with Crippen LogP contribution < -0.4 is 0 Å². The topological polar surface area (TPSA) is 18.5 Å². The number of alkyl halides is 1. The molecule has 1 aliphatic rings. The molecule has 2 nitrogen and oxygen atoms in total. The molecule has 0 saturated carbocycles. The third kappa shape index (κ3) is 2.14. The van der Waals surface area contributed by atoms with E-state index in [1.54, 1.807) is 12.1 Å². The van der Waals surface area contributed by atoms with Crippen molar-refractivity contribution in [1.29, 1.82) is 0 Å². The molecule has 16 heavy (non-hydrogen) atoms. The number of rotatable bonds is 4. The van der Waals surface area contributed by atoms with E-state index in [2.05, 4.69) is 0 Å². The number of ether oxygens (including phenoxy) is 2. The summed E-state index contributed by atoms with van der Waals surface area (Å²) in [7, 11) is 0. The maximum atomic E-state index is 12.8. The highest BCUT2D eigenvalue weighted by Crippen LogP contribution is 2.36. The summed E-state index contributed by atoms with van der Waals surface area (Å²) in [6, 6.07) is 6.11. The van der Waals surface area contributed by atoms with Gasteiger partial charge in [0.2, 0.25) is 0 Å². The Labute approximate surface area is 98.6 Å². The lowest BCUT2D eigenvalue weighted by molar-refractivity contribution is -0.155. The zero-order chi connectivity index (χ0) is 11.4. The second-order valence-corrected chi connectivity index (χ2v) is 3.94. The van der Waals surface area contributed by atoms with Gasteiger partial charge in [0.25, 0.3) is 5.79 Å². The molecule has 0 bridgehead atoms. The molecule has 1 aromatic rings. The average molecular weight is 243 g/mol. The third-order valence-corrected chi connectivity index (χ3v) is 2.76. The molecule has 0 aromatic heterocycles. The summed E-state index contributed by atoms with van der Waals surface area (Å²) in [5.41, 5.74) is 0.795. The van der Waals surface area contributed by atoms with Crippen LogP contribution in [0.2, 0.25) is 0 Å². The monoisotopic (exact) mass is 242 g/mol. The number of hydrogen-bond donors (Lipinski definition) is 0. The minimum atomic E-state index is -0.831. The van der Waals surface area contributed by atoms with Crippen molar-refractivity contribution in [2.45, 2.75) is 18.6 Å². The molecule has 0 atom stereocenters. The smallest absolute Gasteiger partial charge is 0.276 e. The molecule has 0 radical (unpaired) electrons. The Kier molecular flexibility index (Phi) is 3.34. The van der Waals surface area contributed by atoms with Gasteiger partial charge in [-0.3, -0.25) is 0 Å². The largest absolute Gasteiger partial charge is 0.453 e. The Bertz CT molecular complexity index is 367. The Hall–Kier alpha value is -1.22. The SMILES string of the molecule is Fc1ccc(C2(CCCCl)OC=CO2)cc1. The predicted octanol–water partition coefficient (Wildman–Crippen LogP) is 3.52. The van der Waals surface area contributed by atoms with Crippen molar-refractivity contribution < 1.29 is 13.9 Å². The first-order valence-electron chi connectivity index (χ1n) is 5.09. The van der Waals surface area contributed by atoms with E-state index in [4.69, 9.17) is 21.1 Å². The van der Waals surface area contributed by atoms with Crippen LogP contribution in [-0.4, -0.2) is 5.88 Å². The maximum Gasteiger partial charge on any atom is 0.276 e. The summed E-state index contributed by atoms with van der Waals surface area (Å²) >= 11 is 5.66. The molecule has 0 aliphatic carbocycles. The zero-order valence-electron chi connectivity index (χ0n) is 8.66. The van der Waals surface area contributed by atoms with E-state index in [-0.39, 0.29) is 5.82 Å². The summed E-state index contributed by atoms with van der Waals surface area (Å²) in [6.07, 6.45) is 4.39. The van der Waals surface area contributed by atoms with E-state index >= 15 is 0 Å². The second-order valence-electron chi connectivity index (χ2n) is 3.56. The van der Waals surface area contributed by atoms with Crippen molar-refractivity contribution in [1.82, 2.24) is 0 Å². The van der Waals surface area contributed by atoms with Gasteiger partial charge in [-0.15, -0.1) is 11.6 Å². The highest BCUT2D eigenvalue weighted by Gasteiger charge is 2.37. The van der Waals surface area contributed by atoms with Gasteiger partial charge in [0.05, 0.1) is 0 Å². The molecule has 0 unspecified atom stereocenters. The van der Waals surface area contributed by atoms with Crippen molar-refractivity contribution in [2.24, 2.45) is 0 Å². The van der Waals surface area contributed by atoms with Gasteiger partial charge in [0.15, 0.2) is 0 Å². The Morgan fingerprint density at radius 2 is 1.75 bits per heavy atom. The molecule has 4 heteroatoms. The number of hydrogen-bond acceptors (Lipinski definition) is 2. The van der Waals surface area contributed by atoms with Crippen LogP contribution in [0.3, 0.4) is 0 Å². The molecule has 1 heterocycles. The molecule has 1 aromatic carbocycles. The number of halogens is 2. The van der Waals surface area contributed by atoms with Gasteiger partial charge in [0, 0.05) is 17.9 Å². The molecule has 0 spiro atoms. The lowest BCUT2D eigenvalue weighted by Crippen LogP contribution is -2.27. The first-order valence-corrected chi connectivity index (χ1v) is 5.63. The van der Waals surface area contributed by atoms with Crippen molar-refractivity contribution in [3.05, 3.63) is 48.2 Å². The van der Waals surface area contributed by atoms with Crippen LogP contribution in [0, 0.1) is 5.82 Å². The minimum absolute atomic E-state index is 0.276. The van der Waals surface area contributed by atoms with Crippen LogP contribution in [0.1, 0.15) is 18.4 Å². The molecule has 0 saturated heterocycles. The molecule has 0 fully saturated rings. The van der Waals surface area contributed by atoms with Crippen molar-refractivity contribution in [3.63, 3.8) is 0 Å². The van der Waals surface area contributed by atoms with Gasteiger partial charge in [-0.2, -0.15) is 0 Å². The predicted molar refractivity (Wildman–Crippen MR) is 59.3 cm³/mol. The fraction of sp³-hybridized carbons (Fsp3) is 0.333. The normalized spacial score (nSPS) is 16.9. The van der Waals surface area contributed by atoms with Crippen molar-refractivity contribution in [3.8, 4) is 0 Å². The fourth-order valence-corrected chi connectivity index (χ4v) is 1.84. The molecule has 0 N–H and O–H groups in total. The van der Waals surface area contributed by atoms with Gasteiger partial charge in [0.1, 0.15) is 18.3 Å². The van der Waals surface area contributed by atoms with Gasteiger partial charge >= 0.3 is 0 Å². The average Bonchev–Trinajstić information content (AvgIpc) is 2.77. The second kappa shape index (κ2) is 4.74. The lowest BCUT2D eigenvalue weighted by atomic mass is 10.0. The van der Waals surface area contributed by atoms with Gasteiger partial charge in [-0.25, -0.2) is 4.39 Å². The molecule has 1 aliphatic heterocycles. The van der Waals surface area contributed by atoms with E-state index < -0.39 is 5.79 Å². The summed E-state index contributed by atoms with van der Waals surface area (Å²) in [5, 5.41) is 0. The molecule has 2 rings (SSSR count). The Balaban J connectivity index is 2.21. The van der Waals surface area contributed by atoms with Gasteiger partial charge in [-0.05, 0) is 30.7 Å². The van der Waals surface area contributed by atoms with Crippen molar-refractivity contribution >= 4 is 11.6 Å². The highest BCUT2D eigenvalue weighted by molar-refractivity contribution is 6.17. The van der Waals surface area contributed by atoms with Crippen LogP contribution >= 0.6 is 11.6 Å². The zero-order valence-corrected chi connectivity index (χ0v) is 9.41. The maximum absolute atomic E-state index is 12.8. The highest BCUT2D eigenvalue weighted by atomic mass is 35.5. The third-order valence-electron chi connectivity index (χ3n) is 2.50. The summed E-state index contributed by atoms with van der Waals surface area (Å²) < 4.78 is 23.8. The first kappa shape index (κ1) is 11.3. The van der Waals surface area contributed by atoms with Crippen LogP contribution in [0.25, 0.3) is 0 Å². The Morgan fingerprint density at radius 3 is 2.31 bits per heavy atom. The quantitative estimate of drug-likeness (QED) is 0.753. The van der Waals surface area contributed by atoms with Crippen LogP contribution in [0.5, 0.6) is 0 Å². The van der Waals surface area contributed by atoms with E-state index in [1.807, 2.05) is 0 Å². The number of benzene rings is 1. The van der Waals surface area contributed by atoms with Crippen LogP contribution in [0.15, 0.2) is 36.8 Å². The molecule has 86 valence electrons. The van der Waals surface area contributed by atoms with Crippen LogP contribution in [0.4, 0.5) is 4.39 Å². The fourth-order valence-electron chi connectivity index (χ4n) is 1.70. The van der Waals surface area contributed by atoms with E-state index in [9.17, 15) is 4.39 Å². The lowest BCUT2D eigenvalue weighted by Gasteiger charge is -2.27. The molecular weight excluding hydrogens is 231 g/mol. The Morgan fingerprint density at radius 1 is 1.12 bits per heavy atom. The first-order chi connectivity index (χ1) is 7.77. The molecule has 0 amide bonds. The van der Waals surface area contributed by atoms with E-state index in [0.717, 1.165) is 12.0 Å². The summed E-state index contributed by atoms with van der Waals surface area (Å²) in [4.78, 5) is 0. The summed E-state index contributed by atoms with van der Waals surface area (Å²) in [5.74, 6) is -0.569. The van der Waals surface area contributed by atoms with Gasteiger partial charge < -0.3 is 9.47 Å². The van der Waals surface area contributed by atoms with E-state index in [1.165, 1.54) is 24.7 Å². The standard InChI is InChI=1S/C12H12ClFO2/c13-7-1-6-12(15-8-9-16-12)10-2-4-11(14)5-3-10/h2-5,8-9H,1,6-7H2. The van der Waals surface area contributed by atoms with Crippen LogP contribution in [-0.2, 0) is 15.3 Å². The van der Waals surface area contributed by atoms with Gasteiger partial charge in [-0.1, -0.05) is 0 Å². The minimum Gasteiger partial charge on any atom is -0.453 e. The van der Waals surface area contributed by atoms with Crippen molar-refractivity contribution in [2.75, 3.05) is 5.88 Å². The van der Waals surface area contributed by atoms with E-state index in [0.29, 0.717) is 12.3 Å².